The van der Waals surface area contributed by atoms with E-state index < -0.39 is 0 Å². The summed E-state index contributed by atoms with van der Waals surface area (Å²) in [6, 6.07) is 1.85. The molecule has 0 spiro atoms. The molecule has 0 atom stereocenters. The predicted octanol–water partition coefficient (Wildman–Crippen LogP) is 1.88. The molecule has 1 aliphatic heterocycles. The van der Waals surface area contributed by atoms with Crippen molar-refractivity contribution in [3.05, 3.63) is 34.9 Å². The molecule has 22 heavy (non-hydrogen) atoms. The lowest BCUT2D eigenvalue weighted by Crippen LogP contribution is -2.31. The van der Waals surface area contributed by atoms with E-state index in [2.05, 4.69) is 24.9 Å². The molecule has 0 radical (unpaired) electrons. The van der Waals surface area contributed by atoms with Gasteiger partial charge in [0.25, 0.3) is 0 Å². The molecule has 0 aromatic carbocycles. The first-order valence-corrected chi connectivity index (χ1v) is 7.95. The highest BCUT2D eigenvalue weighted by molar-refractivity contribution is 6.31. The summed E-state index contributed by atoms with van der Waals surface area (Å²) < 4.78 is 1.85. The second-order valence-electron chi connectivity index (χ2n) is 5.64. The molecule has 3 heterocycles. The minimum Gasteiger partial charge on any atom is -0.339 e. The van der Waals surface area contributed by atoms with E-state index in [0.29, 0.717) is 0 Å². The van der Waals surface area contributed by atoms with Crippen LogP contribution >= 0.6 is 11.6 Å². The van der Waals surface area contributed by atoms with Gasteiger partial charge in [0, 0.05) is 52.2 Å². The van der Waals surface area contributed by atoms with Crippen molar-refractivity contribution in [2.45, 2.75) is 19.9 Å². The van der Waals surface area contributed by atoms with Crippen molar-refractivity contribution >= 4 is 17.5 Å². The molecule has 0 aliphatic carbocycles. The lowest BCUT2D eigenvalue weighted by molar-refractivity contribution is 0.281. The fourth-order valence-electron chi connectivity index (χ4n) is 2.75. The largest absolute Gasteiger partial charge is 0.339 e. The molecule has 2 aromatic heterocycles. The van der Waals surface area contributed by atoms with Crippen LogP contribution in [-0.2, 0) is 13.6 Å². The van der Waals surface area contributed by atoms with Crippen molar-refractivity contribution < 1.29 is 0 Å². The lowest BCUT2D eigenvalue weighted by Gasteiger charge is -2.21. The Morgan fingerprint density at radius 2 is 1.91 bits per heavy atom. The second-order valence-corrected chi connectivity index (χ2v) is 6.01. The Morgan fingerprint density at radius 1 is 1.14 bits per heavy atom. The molecule has 1 saturated heterocycles. The van der Waals surface area contributed by atoms with Gasteiger partial charge in [-0.1, -0.05) is 11.6 Å². The van der Waals surface area contributed by atoms with Gasteiger partial charge >= 0.3 is 0 Å². The van der Waals surface area contributed by atoms with Crippen LogP contribution in [0, 0.1) is 6.92 Å². The van der Waals surface area contributed by atoms with Crippen LogP contribution in [-0.4, -0.2) is 50.8 Å². The molecule has 1 fully saturated rings. The smallest absolute Gasteiger partial charge is 0.225 e. The summed E-state index contributed by atoms with van der Waals surface area (Å²) in [4.78, 5) is 13.3. The third-order valence-corrected chi connectivity index (χ3v) is 4.62. The van der Waals surface area contributed by atoms with Crippen LogP contribution in [0.15, 0.2) is 18.5 Å². The molecule has 2 aromatic rings. The monoisotopic (exact) mass is 320 g/mol. The highest BCUT2D eigenvalue weighted by Gasteiger charge is 2.19. The van der Waals surface area contributed by atoms with Gasteiger partial charge in [-0.2, -0.15) is 5.10 Å². The van der Waals surface area contributed by atoms with E-state index in [1.807, 2.05) is 24.7 Å². The molecule has 6 nitrogen and oxygen atoms in total. The van der Waals surface area contributed by atoms with E-state index in [4.69, 9.17) is 11.6 Å². The van der Waals surface area contributed by atoms with E-state index in [1.54, 1.807) is 12.4 Å². The maximum Gasteiger partial charge on any atom is 0.225 e. The van der Waals surface area contributed by atoms with E-state index in [1.165, 1.54) is 0 Å². The van der Waals surface area contributed by atoms with Gasteiger partial charge in [0.2, 0.25) is 5.95 Å². The van der Waals surface area contributed by atoms with Crippen LogP contribution in [0.25, 0.3) is 0 Å². The normalized spacial score (nSPS) is 16.8. The summed E-state index contributed by atoms with van der Waals surface area (Å²) in [7, 11) is 1.93. The Morgan fingerprint density at radius 3 is 2.59 bits per heavy atom. The van der Waals surface area contributed by atoms with Gasteiger partial charge in [0.1, 0.15) is 0 Å². The predicted molar refractivity (Wildman–Crippen MR) is 87.1 cm³/mol. The minimum absolute atomic E-state index is 0.787. The Labute approximate surface area is 135 Å². The SMILES string of the molecule is Cc1c(Cl)c(CN2CCCN(c3ncccn3)CC2)nn1C. The fourth-order valence-corrected chi connectivity index (χ4v) is 2.97. The van der Waals surface area contributed by atoms with Gasteiger partial charge in [0.05, 0.1) is 16.4 Å². The highest BCUT2D eigenvalue weighted by Crippen LogP contribution is 2.21. The molecule has 7 heteroatoms. The molecular weight excluding hydrogens is 300 g/mol. The summed E-state index contributed by atoms with van der Waals surface area (Å²) >= 11 is 6.36. The second kappa shape index (κ2) is 6.62. The van der Waals surface area contributed by atoms with Crippen molar-refractivity contribution in [3.8, 4) is 0 Å². The van der Waals surface area contributed by atoms with E-state index in [-0.39, 0.29) is 0 Å². The molecule has 0 saturated carbocycles. The quantitative estimate of drug-likeness (QED) is 0.864. The van der Waals surface area contributed by atoms with Crippen molar-refractivity contribution in [3.63, 3.8) is 0 Å². The first-order chi connectivity index (χ1) is 10.6. The van der Waals surface area contributed by atoms with Crippen LogP contribution < -0.4 is 4.90 Å². The number of aryl methyl sites for hydroxylation is 1. The van der Waals surface area contributed by atoms with Gasteiger partial charge in [0.15, 0.2) is 0 Å². The standard InChI is InChI=1S/C15H21ClN6/c1-12-14(16)13(19-20(12)2)11-21-7-4-8-22(10-9-21)15-17-5-3-6-18-15/h3,5-6H,4,7-11H2,1-2H3. The minimum atomic E-state index is 0.787. The van der Waals surface area contributed by atoms with Gasteiger partial charge in [-0.05, 0) is 19.4 Å². The Hall–Kier alpha value is -1.66. The Bertz CT molecular complexity index is 626. The molecule has 0 bridgehead atoms. The van der Waals surface area contributed by atoms with E-state index >= 15 is 0 Å². The average molecular weight is 321 g/mol. The van der Waals surface area contributed by atoms with Crippen LogP contribution in [0.2, 0.25) is 5.02 Å². The van der Waals surface area contributed by atoms with Crippen molar-refractivity contribution in [2.75, 3.05) is 31.1 Å². The van der Waals surface area contributed by atoms with Crippen LogP contribution in [0.3, 0.4) is 0 Å². The average Bonchev–Trinajstić information content (AvgIpc) is 2.74. The maximum atomic E-state index is 6.36. The van der Waals surface area contributed by atoms with Crippen LogP contribution in [0.1, 0.15) is 17.8 Å². The van der Waals surface area contributed by atoms with Crippen molar-refractivity contribution in [1.29, 1.82) is 0 Å². The topological polar surface area (TPSA) is 50.1 Å². The molecule has 0 amide bonds. The summed E-state index contributed by atoms with van der Waals surface area (Å²) in [5.74, 6) is 0.816. The molecular formula is C15H21ClN6. The zero-order valence-electron chi connectivity index (χ0n) is 13.0. The third-order valence-electron chi connectivity index (χ3n) is 4.12. The molecule has 1 aliphatic rings. The molecule has 0 unspecified atom stereocenters. The van der Waals surface area contributed by atoms with Gasteiger partial charge < -0.3 is 4.90 Å². The van der Waals surface area contributed by atoms with Crippen molar-refractivity contribution in [2.24, 2.45) is 7.05 Å². The first-order valence-electron chi connectivity index (χ1n) is 7.57. The van der Waals surface area contributed by atoms with E-state index in [0.717, 1.165) is 61.5 Å². The summed E-state index contributed by atoms with van der Waals surface area (Å²) in [5, 5.41) is 5.30. The Kier molecular flexibility index (Phi) is 4.59. The van der Waals surface area contributed by atoms with Crippen LogP contribution in [0.4, 0.5) is 5.95 Å². The molecule has 118 valence electrons. The highest BCUT2D eigenvalue weighted by atomic mass is 35.5. The van der Waals surface area contributed by atoms with Gasteiger partial charge in [-0.3, -0.25) is 9.58 Å². The van der Waals surface area contributed by atoms with Gasteiger partial charge in [-0.15, -0.1) is 0 Å². The zero-order chi connectivity index (χ0) is 15.5. The van der Waals surface area contributed by atoms with Crippen LogP contribution in [0.5, 0.6) is 0 Å². The number of anilines is 1. The number of halogens is 1. The number of hydrogen-bond donors (Lipinski definition) is 0. The third kappa shape index (κ3) is 3.23. The summed E-state index contributed by atoms with van der Waals surface area (Å²) in [5.41, 5.74) is 1.98. The molecule has 3 rings (SSSR count). The maximum absolute atomic E-state index is 6.36. The summed E-state index contributed by atoms with van der Waals surface area (Å²) in [6.45, 7) is 6.70. The number of nitrogens with zero attached hydrogens (tertiary/aromatic N) is 6. The van der Waals surface area contributed by atoms with E-state index in [9.17, 15) is 0 Å². The molecule has 0 N–H and O–H groups in total. The number of aromatic nitrogens is 4. The van der Waals surface area contributed by atoms with Crippen molar-refractivity contribution in [1.82, 2.24) is 24.6 Å². The number of hydrogen-bond acceptors (Lipinski definition) is 5. The Balaban J connectivity index is 1.64. The zero-order valence-corrected chi connectivity index (χ0v) is 13.8. The van der Waals surface area contributed by atoms with Gasteiger partial charge in [-0.25, -0.2) is 9.97 Å². The fraction of sp³-hybridized carbons (Fsp3) is 0.533. The lowest BCUT2D eigenvalue weighted by atomic mass is 10.3. The first kappa shape index (κ1) is 15.2. The summed E-state index contributed by atoms with van der Waals surface area (Å²) in [6.07, 6.45) is 4.67. The number of rotatable bonds is 3.